The molecule has 28 heavy (non-hydrogen) atoms. The maximum Gasteiger partial charge on any atom is 0.291 e. The number of rotatable bonds is 5. The fraction of sp³-hybridized carbons (Fsp3) is 0.0455. The molecule has 0 unspecified atom stereocenters. The van der Waals surface area contributed by atoms with Crippen molar-refractivity contribution in [1.82, 2.24) is 0 Å². The van der Waals surface area contributed by atoms with E-state index < -0.39 is 0 Å². The van der Waals surface area contributed by atoms with Crippen molar-refractivity contribution in [2.75, 3.05) is 0 Å². The molecule has 0 saturated heterocycles. The van der Waals surface area contributed by atoms with Crippen LogP contribution in [0.2, 0.25) is 5.02 Å². The lowest BCUT2D eigenvalue weighted by atomic mass is 10.1. The average Bonchev–Trinajstić information content (AvgIpc) is 3.11. The Kier molecular flexibility index (Phi) is 4.79. The van der Waals surface area contributed by atoms with E-state index in [-0.39, 0.29) is 10.8 Å². The van der Waals surface area contributed by atoms with Crippen LogP contribution in [0.25, 0.3) is 11.0 Å². The van der Waals surface area contributed by atoms with Crippen molar-refractivity contribution in [3.05, 3.63) is 82.9 Å². The summed E-state index contributed by atoms with van der Waals surface area (Å²) in [5.41, 5.74) is 2.17. The summed E-state index contributed by atoms with van der Waals surface area (Å²) in [7, 11) is 0. The molecule has 0 fully saturated rings. The smallest absolute Gasteiger partial charge is 0.291 e. The molecule has 6 heteroatoms. The van der Waals surface area contributed by atoms with Crippen molar-refractivity contribution < 1.29 is 19.0 Å². The summed E-state index contributed by atoms with van der Waals surface area (Å²) in [5, 5.41) is 19.5. The van der Waals surface area contributed by atoms with Crippen molar-refractivity contribution in [3.63, 3.8) is 0 Å². The van der Waals surface area contributed by atoms with Gasteiger partial charge in [0.1, 0.15) is 29.4 Å². The molecule has 3 aromatic carbocycles. The Bertz CT molecular complexity index is 1190. The first-order valence-corrected chi connectivity index (χ1v) is 8.80. The Morgan fingerprint density at radius 2 is 1.86 bits per heavy atom. The molecule has 0 amide bonds. The highest BCUT2D eigenvalue weighted by Gasteiger charge is 2.09. The number of benzene rings is 3. The minimum Gasteiger partial charge on any atom is -0.506 e. The van der Waals surface area contributed by atoms with E-state index >= 15 is 0 Å². The predicted octanol–water partition coefficient (Wildman–Crippen LogP) is 6.03. The summed E-state index contributed by atoms with van der Waals surface area (Å²) in [4.78, 5) is 0. The van der Waals surface area contributed by atoms with Crippen LogP contribution >= 0.6 is 11.6 Å². The van der Waals surface area contributed by atoms with Gasteiger partial charge in [0.05, 0.1) is 16.7 Å². The molecule has 0 aliphatic rings. The number of nitriles is 1. The number of halogens is 1. The average molecular weight is 392 g/mol. The molecule has 0 aliphatic heterocycles. The van der Waals surface area contributed by atoms with Gasteiger partial charge in [-0.2, -0.15) is 5.26 Å². The van der Waals surface area contributed by atoms with Crippen molar-refractivity contribution in [3.8, 4) is 29.3 Å². The lowest BCUT2D eigenvalue weighted by Crippen LogP contribution is -1.95. The second-order valence-electron chi connectivity index (χ2n) is 6.08. The van der Waals surface area contributed by atoms with Gasteiger partial charge in [-0.1, -0.05) is 23.7 Å². The molecular formula is C22H14ClNO4. The van der Waals surface area contributed by atoms with Crippen molar-refractivity contribution in [2.45, 2.75) is 6.61 Å². The third kappa shape index (κ3) is 3.88. The van der Waals surface area contributed by atoms with Crippen LogP contribution in [0, 0.1) is 11.3 Å². The predicted molar refractivity (Wildman–Crippen MR) is 105 cm³/mol. The van der Waals surface area contributed by atoms with Gasteiger partial charge in [0.15, 0.2) is 0 Å². The Morgan fingerprint density at radius 3 is 2.68 bits per heavy atom. The zero-order valence-electron chi connectivity index (χ0n) is 14.6. The topological polar surface area (TPSA) is 75.6 Å². The Hall–Kier alpha value is -3.62. The third-order valence-corrected chi connectivity index (χ3v) is 4.37. The first-order valence-electron chi connectivity index (χ1n) is 8.42. The van der Waals surface area contributed by atoms with Crippen LogP contribution in [0.1, 0.15) is 11.1 Å². The fourth-order valence-corrected chi connectivity index (χ4v) is 2.87. The quantitative estimate of drug-likeness (QED) is 0.449. The van der Waals surface area contributed by atoms with Crippen LogP contribution in [0.3, 0.4) is 0 Å². The van der Waals surface area contributed by atoms with Crippen LogP contribution in [0.15, 0.2) is 71.1 Å². The molecule has 1 aromatic heterocycles. The fourth-order valence-electron chi connectivity index (χ4n) is 2.70. The van der Waals surface area contributed by atoms with Crippen LogP contribution in [0.5, 0.6) is 23.2 Å². The summed E-state index contributed by atoms with van der Waals surface area (Å²) in [6, 6.07) is 21.2. The highest BCUT2D eigenvalue weighted by molar-refractivity contribution is 6.32. The van der Waals surface area contributed by atoms with Gasteiger partial charge in [-0.25, -0.2) is 0 Å². The van der Waals surface area contributed by atoms with E-state index in [1.807, 2.05) is 18.2 Å². The van der Waals surface area contributed by atoms with Crippen molar-refractivity contribution in [2.24, 2.45) is 0 Å². The van der Waals surface area contributed by atoms with E-state index in [0.717, 1.165) is 10.9 Å². The minimum absolute atomic E-state index is 0.0132. The van der Waals surface area contributed by atoms with Crippen LogP contribution in [-0.2, 0) is 6.61 Å². The highest BCUT2D eigenvalue weighted by atomic mass is 35.5. The molecule has 1 heterocycles. The number of phenols is 1. The van der Waals surface area contributed by atoms with Gasteiger partial charge in [0, 0.05) is 17.5 Å². The van der Waals surface area contributed by atoms with E-state index in [1.165, 1.54) is 12.1 Å². The Morgan fingerprint density at radius 1 is 1.00 bits per heavy atom. The summed E-state index contributed by atoms with van der Waals surface area (Å²) in [6.07, 6.45) is 0. The maximum absolute atomic E-state index is 9.48. The first kappa shape index (κ1) is 17.8. The summed E-state index contributed by atoms with van der Waals surface area (Å²) < 4.78 is 17.1. The van der Waals surface area contributed by atoms with Gasteiger partial charge < -0.3 is 19.0 Å². The van der Waals surface area contributed by atoms with Gasteiger partial charge in [-0.15, -0.1) is 0 Å². The summed E-state index contributed by atoms with van der Waals surface area (Å²) in [5.74, 6) is 1.42. The van der Waals surface area contributed by atoms with E-state index in [2.05, 4.69) is 6.07 Å². The number of fused-ring (bicyclic) bond motifs is 1. The van der Waals surface area contributed by atoms with E-state index in [1.54, 1.807) is 36.4 Å². The first-order chi connectivity index (χ1) is 13.6. The van der Waals surface area contributed by atoms with Gasteiger partial charge in [0.2, 0.25) is 0 Å². The number of hydrogen-bond acceptors (Lipinski definition) is 5. The number of aromatic hydroxyl groups is 1. The van der Waals surface area contributed by atoms with Crippen molar-refractivity contribution in [1.29, 1.82) is 5.26 Å². The molecule has 0 saturated carbocycles. The number of furan rings is 1. The van der Waals surface area contributed by atoms with Crippen LogP contribution in [-0.4, -0.2) is 5.11 Å². The van der Waals surface area contributed by atoms with Crippen LogP contribution < -0.4 is 9.47 Å². The molecule has 4 aromatic rings. The number of phenolic OH excluding ortho intramolecular Hbond substituents is 1. The van der Waals surface area contributed by atoms with Crippen molar-refractivity contribution >= 4 is 22.6 Å². The van der Waals surface area contributed by atoms with Gasteiger partial charge in [-0.3, -0.25) is 0 Å². The molecule has 5 nitrogen and oxygen atoms in total. The molecule has 138 valence electrons. The molecule has 4 rings (SSSR count). The lowest BCUT2D eigenvalue weighted by molar-refractivity contribution is 0.306. The molecular weight excluding hydrogens is 378 g/mol. The minimum atomic E-state index is -0.0132. The van der Waals surface area contributed by atoms with Gasteiger partial charge in [-0.05, 0) is 48.0 Å². The molecule has 0 spiro atoms. The number of nitrogens with zero attached hydrogens (tertiary/aromatic N) is 1. The lowest BCUT2D eigenvalue weighted by Gasteiger charge is -2.06. The highest BCUT2D eigenvalue weighted by Crippen LogP contribution is 2.34. The van der Waals surface area contributed by atoms with E-state index in [9.17, 15) is 5.11 Å². The largest absolute Gasteiger partial charge is 0.506 e. The second-order valence-corrected chi connectivity index (χ2v) is 6.49. The molecule has 0 aliphatic carbocycles. The number of ether oxygens (including phenoxy) is 2. The van der Waals surface area contributed by atoms with Gasteiger partial charge in [0.25, 0.3) is 5.95 Å². The van der Waals surface area contributed by atoms with Crippen LogP contribution in [0.4, 0.5) is 0 Å². The normalized spacial score (nSPS) is 10.6. The molecule has 1 N–H and O–H groups in total. The molecule has 0 bridgehead atoms. The Balaban J connectivity index is 1.49. The SMILES string of the molecule is N#Cc1cccc(COc2ccc3oc(Oc4ccc(O)c(Cl)c4)cc3c2)c1. The number of hydrogen-bond donors (Lipinski definition) is 1. The zero-order valence-corrected chi connectivity index (χ0v) is 15.3. The maximum atomic E-state index is 9.48. The second kappa shape index (κ2) is 7.55. The summed E-state index contributed by atoms with van der Waals surface area (Å²) >= 11 is 5.89. The van der Waals surface area contributed by atoms with E-state index in [0.29, 0.717) is 35.2 Å². The Labute approximate surface area is 165 Å². The zero-order chi connectivity index (χ0) is 19.5. The summed E-state index contributed by atoms with van der Waals surface area (Å²) in [6.45, 7) is 0.355. The standard InChI is InChI=1S/C22H14ClNO4/c23-19-11-18(4-6-20(19)25)27-22-10-16-9-17(5-7-21(16)28-22)26-13-15-3-1-2-14(8-15)12-24/h1-11,25H,13H2. The third-order valence-electron chi connectivity index (χ3n) is 4.06. The monoisotopic (exact) mass is 391 g/mol. The van der Waals surface area contributed by atoms with E-state index in [4.69, 9.17) is 30.8 Å². The molecule has 0 radical (unpaired) electrons. The van der Waals surface area contributed by atoms with Gasteiger partial charge >= 0.3 is 0 Å². The molecule has 0 atom stereocenters.